The molecule has 0 radical (unpaired) electrons. The molecule has 0 heterocycles. The van der Waals surface area contributed by atoms with Crippen LogP contribution in [-0.4, -0.2) is 5.97 Å². The second-order valence-electron chi connectivity index (χ2n) is 4.68. The van der Waals surface area contributed by atoms with E-state index in [2.05, 4.69) is 5.32 Å². The molecule has 1 N–H and O–H groups in total. The molecule has 0 aliphatic heterocycles. The normalized spacial score (nSPS) is 11.9. The number of carbonyl (C=O) groups is 1. The molecule has 1 atom stereocenters. The van der Waals surface area contributed by atoms with Gasteiger partial charge in [-0.3, -0.25) is 0 Å². The maximum atomic E-state index is 11.3. The summed E-state index contributed by atoms with van der Waals surface area (Å²) in [6.45, 7) is 3.93. The van der Waals surface area contributed by atoms with E-state index in [4.69, 9.17) is 0 Å². The van der Waals surface area contributed by atoms with Crippen LogP contribution in [0.5, 0.6) is 0 Å². The summed E-state index contributed by atoms with van der Waals surface area (Å²) in [5, 5.41) is 14.3. The van der Waals surface area contributed by atoms with Crippen molar-refractivity contribution in [1.29, 1.82) is 0 Å². The number of carboxylic acid groups (broad SMARTS) is 1. The van der Waals surface area contributed by atoms with E-state index < -0.39 is 12.0 Å². The Kier molecular flexibility index (Phi) is 3.85. The molecular formula is C16H16NO2-. The Bertz CT molecular complexity index is 576. The van der Waals surface area contributed by atoms with Crippen molar-refractivity contribution in [3.63, 3.8) is 0 Å². The molecule has 0 fully saturated rings. The molecule has 2 aromatic carbocycles. The Labute approximate surface area is 112 Å². The average Bonchev–Trinajstić information content (AvgIpc) is 2.37. The van der Waals surface area contributed by atoms with Crippen molar-refractivity contribution in [1.82, 2.24) is 0 Å². The Morgan fingerprint density at radius 3 is 2.32 bits per heavy atom. The topological polar surface area (TPSA) is 52.2 Å². The first-order valence-electron chi connectivity index (χ1n) is 6.17. The van der Waals surface area contributed by atoms with Gasteiger partial charge in [0, 0.05) is 5.69 Å². The summed E-state index contributed by atoms with van der Waals surface area (Å²) in [5.74, 6) is -1.13. The Morgan fingerprint density at radius 1 is 1.05 bits per heavy atom. The van der Waals surface area contributed by atoms with Gasteiger partial charge in [-0.15, -0.1) is 0 Å². The van der Waals surface area contributed by atoms with Gasteiger partial charge in [0.15, 0.2) is 0 Å². The highest BCUT2D eigenvalue weighted by molar-refractivity contribution is 5.77. The van der Waals surface area contributed by atoms with Crippen molar-refractivity contribution in [2.75, 3.05) is 5.32 Å². The summed E-state index contributed by atoms with van der Waals surface area (Å²) in [6, 6.07) is 14.2. The van der Waals surface area contributed by atoms with Gasteiger partial charge in [-0.2, -0.15) is 0 Å². The largest absolute Gasteiger partial charge is 0.548 e. The molecule has 98 valence electrons. The third-order valence-electron chi connectivity index (χ3n) is 2.98. The van der Waals surface area contributed by atoms with Crippen molar-refractivity contribution in [2.45, 2.75) is 19.9 Å². The third kappa shape index (κ3) is 3.35. The van der Waals surface area contributed by atoms with Crippen LogP contribution in [0.1, 0.15) is 22.7 Å². The number of hydrogen-bond acceptors (Lipinski definition) is 3. The van der Waals surface area contributed by atoms with E-state index in [1.54, 1.807) is 12.1 Å². The fraction of sp³-hybridized carbons (Fsp3) is 0.188. The van der Waals surface area contributed by atoms with Crippen LogP contribution in [0.2, 0.25) is 0 Å². The van der Waals surface area contributed by atoms with Crippen LogP contribution in [0.3, 0.4) is 0 Å². The number of aliphatic carboxylic acids is 1. The summed E-state index contributed by atoms with van der Waals surface area (Å²) in [4.78, 5) is 11.3. The number of carboxylic acids is 1. The zero-order valence-electron chi connectivity index (χ0n) is 11.0. The van der Waals surface area contributed by atoms with Crippen LogP contribution < -0.4 is 10.4 Å². The monoisotopic (exact) mass is 254 g/mol. The van der Waals surface area contributed by atoms with Crippen LogP contribution in [0.25, 0.3) is 0 Å². The molecular weight excluding hydrogens is 238 g/mol. The molecule has 0 unspecified atom stereocenters. The first kappa shape index (κ1) is 13.1. The lowest BCUT2D eigenvalue weighted by atomic mass is 10.0. The summed E-state index contributed by atoms with van der Waals surface area (Å²) >= 11 is 0. The minimum absolute atomic E-state index is 0.687. The van der Waals surface area contributed by atoms with Crippen LogP contribution in [0.4, 0.5) is 5.69 Å². The minimum Gasteiger partial charge on any atom is -0.548 e. The van der Waals surface area contributed by atoms with E-state index in [1.807, 2.05) is 50.2 Å². The molecule has 0 aromatic heterocycles. The van der Waals surface area contributed by atoms with Crippen LogP contribution >= 0.6 is 0 Å². The van der Waals surface area contributed by atoms with E-state index >= 15 is 0 Å². The van der Waals surface area contributed by atoms with E-state index in [1.165, 1.54) is 0 Å². The van der Waals surface area contributed by atoms with E-state index in [0.29, 0.717) is 5.56 Å². The second kappa shape index (κ2) is 5.57. The number of anilines is 1. The number of aryl methyl sites for hydroxylation is 2. The summed E-state index contributed by atoms with van der Waals surface area (Å²) in [6.07, 6.45) is 0. The van der Waals surface area contributed by atoms with Gasteiger partial charge < -0.3 is 15.2 Å². The molecule has 0 spiro atoms. The van der Waals surface area contributed by atoms with E-state index in [-0.39, 0.29) is 0 Å². The van der Waals surface area contributed by atoms with Gasteiger partial charge in [0.1, 0.15) is 0 Å². The lowest BCUT2D eigenvalue weighted by Gasteiger charge is -2.21. The molecule has 0 saturated heterocycles. The van der Waals surface area contributed by atoms with Crippen molar-refractivity contribution < 1.29 is 9.90 Å². The molecule has 0 saturated carbocycles. The number of benzene rings is 2. The molecule has 0 aliphatic rings. The van der Waals surface area contributed by atoms with Crippen molar-refractivity contribution >= 4 is 11.7 Å². The van der Waals surface area contributed by atoms with Crippen LogP contribution in [0, 0.1) is 13.8 Å². The van der Waals surface area contributed by atoms with Gasteiger partial charge in [-0.1, -0.05) is 42.0 Å². The zero-order valence-corrected chi connectivity index (χ0v) is 11.0. The van der Waals surface area contributed by atoms with Gasteiger partial charge in [0.2, 0.25) is 0 Å². The fourth-order valence-corrected chi connectivity index (χ4v) is 1.94. The molecule has 0 aliphatic carbocycles. The molecule has 2 aromatic rings. The third-order valence-corrected chi connectivity index (χ3v) is 2.98. The molecule has 0 bridgehead atoms. The van der Waals surface area contributed by atoms with Gasteiger partial charge >= 0.3 is 0 Å². The predicted molar refractivity (Wildman–Crippen MR) is 73.7 cm³/mol. The highest BCUT2D eigenvalue weighted by Crippen LogP contribution is 2.20. The predicted octanol–water partition coefficient (Wildman–Crippen LogP) is 2.21. The summed E-state index contributed by atoms with van der Waals surface area (Å²) in [7, 11) is 0. The smallest absolute Gasteiger partial charge is 0.0912 e. The van der Waals surface area contributed by atoms with Gasteiger partial charge in [-0.05, 0) is 37.1 Å². The summed E-state index contributed by atoms with van der Waals surface area (Å²) in [5.41, 5.74) is 3.63. The quantitative estimate of drug-likeness (QED) is 0.910. The van der Waals surface area contributed by atoms with E-state index in [9.17, 15) is 9.90 Å². The Morgan fingerprint density at radius 2 is 1.74 bits per heavy atom. The highest BCUT2D eigenvalue weighted by Gasteiger charge is 2.12. The highest BCUT2D eigenvalue weighted by atomic mass is 16.4. The lowest BCUT2D eigenvalue weighted by Crippen LogP contribution is -2.34. The van der Waals surface area contributed by atoms with Crippen LogP contribution in [-0.2, 0) is 4.79 Å². The molecule has 3 heteroatoms. The number of carbonyl (C=O) groups excluding carboxylic acids is 1. The molecule has 19 heavy (non-hydrogen) atoms. The van der Waals surface area contributed by atoms with Crippen LogP contribution in [0.15, 0.2) is 48.5 Å². The number of hydrogen-bond donors (Lipinski definition) is 1. The number of nitrogens with one attached hydrogen (secondary N) is 1. The maximum absolute atomic E-state index is 11.3. The molecule has 0 amide bonds. The Hall–Kier alpha value is -2.29. The SMILES string of the molecule is Cc1ccc([C@@H](Nc2cccc(C)c2)C(=O)[O-])cc1. The first-order valence-corrected chi connectivity index (χ1v) is 6.17. The van der Waals surface area contributed by atoms with Crippen molar-refractivity contribution in [2.24, 2.45) is 0 Å². The second-order valence-corrected chi connectivity index (χ2v) is 4.68. The van der Waals surface area contributed by atoms with Crippen molar-refractivity contribution in [3.8, 4) is 0 Å². The molecule has 3 nitrogen and oxygen atoms in total. The van der Waals surface area contributed by atoms with Gasteiger partial charge in [-0.25, -0.2) is 0 Å². The lowest BCUT2D eigenvalue weighted by molar-refractivity contribution is -0.307. The zero-order chi connectivity index (χ0) is 13.8. The van der Waals surface area contributed by atoms with Gasteiger partial charge in [0.05, 0.1) is 12.0 Å². The maximum Gasteiger partial charge on any atom is 0.0912 e. The first-order chi connectivity index (χ1) is 9.06. The summed E-state index contributed by atoms with van der Waals surface area (Å²) < 4.78 is 0. The number of rotatable bonds is 4. The average molecular weight is 254 g/mol. The van der Waals surface area contributed by atoms with Gasteiger partial charge in [0.25, 0.3) is 0 Å². The fourth-order valence-electron chi connectivity index (χ4n) is 1.94. The minimum atomic E-state index is -1.13. The van der Waals surface area contributed by atoms with E-state index in [0.717, 1.165) is 16.8 Å². The Balaban J connectivity index is 2.26. The standard InChI is InChI=1S/C16H17NO2/c1-11-6-8-13(9-7-11)15(16(18)19)17-14-5-3-4-12(2)10-14/h3-10,15,17H,1-2H3,(H,18,19)/p-1/t15-/m1/s1. The molecule has 2 rings (SSSR count). The van der Waals surface area contributed by atoms with Crippen molar-refractivity contribution in [3.05, 3.63) is 65.2 Å².